The zero-order valence-corrected chi connectivity index (χ0v) is 9.18. The molecule has 3 nitrogen and oxygen atoms in total. The number of anilines is 1. The number of benzene rings is 1. The summed E-state index contributed by atoms with van der Waals surface area (Å²) in [6, 6.07) is 10.0. The van der Waals surface area contributed by atoms with Crippen LogP contribution in [0.4, 0.5) is 5.69 Å². The smallest absolute Gasteiger partial charge is 0.146 e. The minimum absolute atomic E-state index is 0.393. The van der Waals surface area contributed by atoms with Crippen LogP contribution >= 0.6 is 0 Å². The SMILES string of the molecule is CN1CCC(C)(C=O)N1c1ccccc1. The van der Waals surface area contributed by atoms with E-state index < -0.39 is 5.54 Å². The first-order chi connectivity index (χ1) is 7.17. The van der Waals surface area contributed by atoms with E-state index in [-0.39, 0.29) is 0 Å². The lowest BCUT2D eigenvalue weighted by atomic mass is 10.0. The van der Waals surface area contributed by atoms with Crippen molar-refractivity contribution < 1.29 is 4.79 Å². The zero-order valence-electron chi connectivity index (χ0n) is 9.18. The Morgan fingerprint density at radius 3 is 2.60 bits per heavy atom. The minimum Gasteiger partial charge on any atom is -0.301 e. The fraction of sp³-hybridized carbons (Fsp3) is 0.417. The molecule has 0 saturated carbocycles. The van der Waals surface area contributed by atoms with Gasteiger partial charge in [0.05, 0.1) is 5.69 Å². The Balaban J connectivity index is 2.38. The molecule has 0 radical (unpaired) electrons. The van der Waals surface area contributed by atoms with Gasteiger partial charge in [0, 0.05) is 13.6 Å². The lowest BCUT2D eigenvalue weighted by Crippen LogP contribution is -2.48. The van der Waals surface area contributed by atoms with Gasteiger partial charge in [-0.25, -0.2) is 5.01 Å². The van der Waals surface area contributed by atoms with Gasteiger partial charge in [-0.15, -0.1) is 0 Å². The van der Waals surface area contributed by atoms with Crippen molar-refractivity contribution >= 4 is 12.0 Å². The quantitative estimate of drug-likeness (QED) is 0.685. The molecule has 2 rings (SSSR count). The van der Waals surface area contributed by atoms with E-state index in [1.54, 1.807) is 0 Å². The molecule has 1 aliphatic heterocycles. The second kappa shape index (κ2) is 3.66. The first-order valence-corrected chi connectivity index (χ1v) is 5.20. The molecule has 0 N–H and O–H groups in total. The molecule has 15 heavy (non-hydrogen) atoms. The monoisotopic (exact) mass is 204 g/mol. The van der Waals surface area contributed by atoms with Crippen LogP contribution in [0.5, 0.6) is 0 Å². The summed E-state index contributed by atoms with van der Waals surface area (Å²) in [7, 11) is 2.02. The van der Waals surface area contributed by atoms with E-state index in [9.17, 15) is 4.79 Å². The summed E-state index contributed by atoms with van der Waals surface area (Å²) in [6.07, 6.45) is 1.92. The molecule has 0 amide bonds. The van der Waals surface area contributed by atoms with Crippen molar-refractivity contribution in [1.82, 2.24) is 5.01 Å². The molecule has 1 aromatic rings. The number of aldehydes is 1. The van der Waals surface area contributed by atoms with E-state index in [1.165, 1.54) is 0 Å². The van der Waals surface area contributed by atoms with Gasteiger partial charge in [-0.05, 0) is 25.5 Å². The maximum atomic E-state index is 11.2. The largest absolute Gasteiger partial charge is 0.301 e. The Morgan fingerprint density at radius 2 is 2.00 bits per heavy atom. The second-order valence-electron chi connectivity index (χ2n) is 4.25. The van der Waals surface area contributed by atoms with Crippen molar-refractivity contribution in [2.24, 2.45) is 0 Å². The summed E-state index contributed by atoms with van der Waals surface area (Å²) in [5.74, 6) is 0. The molecule has 0 bridgehead atoms. The van der Waals surface area contributed by atoms with Gasteiger partial charge in [0.2, 0.25) is 0 Å². The molecular weight excluding hydrogens is 188 g/mol. The van der Waals surface area contributed by atoms with E-state index in [2.05, 4.69) is 10.0 Å². The fourth-order valence-corrected chi connectivity index (χ4v) is 2.15. The average Bonchev–Trinajstić information content (AvgIpc) is 2.57. The molecule has 1 saturated heterocycles. The molecule has 3 heteroatoms. The van der Waals surface area contributed by atoms with E-state index in [0.29, 0.717) is 0 Å². The second-order valence-corrected chi connectivity index (χ2v) is 4.25. The van der Waals surface area contributed by atoms with Crippen LogP contribution in [0.1, 0.15) is 13.3 Å². The first-order valence-electron chi connectivity index (χ1n) is 5.20. The van der Waals surface area contributed by atoms with Gasteiger partial charge in [0.15, 0.2) is 0 Å². The molecule has 0 aliphatic carbocycles. The first kappa shape index (κ1) is 10.2. The predicted molar refractivity (Wildman–Crippen MR) is 60.6 cm³/mol. The molecule has 0 aromatic heterocycles. The van der Waals surface area contributed by atoms with Gasteiger partial charge < -0.3 is 4.79 Å². The summed E-state index contributed by atoms with van der Waals surface area (Å²) < 4.78 is 0. The highest BCUT2D eigenvalue weighted by Crippen LogP contribution is 2.31. The third-order valence-corrected chi connectivity index (χ3v) is 3.02. The minimum atomic E-state index is -0.393. The van der Waals surface area contributed by atoms with Gasteiger partial charge in [-0.3, -0.25) is 5.01 Å². The van der Waals surface area contributed by atoms with Crippen molar-refractivity contribution in [2.45, 2.75) is 18.9 Å². The van der Waals surface area contributed by atoms with Gasteiger partial charge in [-0.2, -0.15) is 0 Å². The summed E-state index contributed by atoms with van der Waals surface area (Å²) in [5, 5.41) is 4.17. The highest BCUT2D eigenvalue weighted by Gasteiger charge is 2.40. The van der Waals surface area contributed by atoms with E-state index in [1.807, 2.05) is 44.3 Å². The number of hydrogen-bond donors (Lipinski definition) is 0. The van der Waals surface area contributed by atoms with Gasteiger partial charge in [-0.1, -0.05) is 18.2 Å². The summed E-state index contributed by atoms with van der Waals surface area (Å²) in [4.78, 5) is 11.2. The standard InChI is InChI=1S/C12H16N2O/c1-12(10-15)8-9-13(2)14(12)11-6-4-3-5-7-11/h3-7,10H,8-9H2,1-2H3. The normalized spacial score (nSPS) is 26.9. The third kappa shape index (κ3) is 1.63. The number of hydrogen-bond acceptors (Lipinski definition) is 3. The van der Waals surface area contributed by atoms with Crippen molar-refractivity contribution in [1.29, 1.82) is 0 Å². The number of carbonyl (C=O) groups is 1. The zero-order chi connectivity index (χ0) is 10.9. The van der Waals surface area contributed by atoms with Gasteiger partial charge in [0.1, 0.15) is 11.8 Å². The molecule has 0 spiro atoms. The van der Waals surface area contributed by atoms with E-state index in [0.717, 1.165) is 24.9 Å². The molecule has 1 aromatic carbocycles. The number of carbonyl (C=O) groups excluding carboxylic acids is 1. The van der Waals surface area contributed by atoms with Crippen LogP contribution in [0.3, 0.4) is 0 Å². The molecule has 1 fully saturated rings. The maximum Gasteiger partial charge on any atom is 0.146 e. The molecule has 1 heterocycles. The Labute approximate surface area is 90.3 Å². The predicted octanol–water partition coefficient (Wildman–Crippen LogP) is 1.70. The van der Waals surface area contributed by atoms with Crippen molar-refractivity contribution in [3.8, 4) is 0 Å². The Kier molecular flexibility index (Phi) is 2.49. The maximum absolute atomic E-state index is 11.2. The highest BCUT2D eigenvalue weighted by molar-refractivity contribution is 5.72. The number of para-hydroxylation sites is 1. The summed E-state index contributed by atoms with van der Waals surface area (Å²) >= 11 is 0. The fourth-order valence-electron chi connectivity index (χ4n) is 2.15. The van der Waals surface area contributed by atoms with E-state index in [4.69, 9.17) is 0 Å². The van der Waals surface area contributed by atoms with Crippen molar-refractivity contribution in [3.63, 3.8) is 0 Å². The molecular formula is C12H16N2O. The van der Waals surface area contributed by atoms with E-state index >= 15 is 0 Å². The van der Waals surface area contributed by atoms with Crippen LogP contribution < -0.4 is 5.01 Å². The van der Waals surface area contributed by atoms with Crippen LogP contribution in [0, 0.1) is 0 Å². The number of rotatable bonds is 2. The van der Waals surface area contributed by atoms with Crippen molar-refractivity contribution in [3.05, 3.63) is 30.3 Å². The summed E-state index contributed by atoms with van der Waals surface area (Å²) in [6.45, 7) is 2.90. The lowest BCUT2D eigenvalue weighted by Gasteiger charge is -2.35. The average molecular weight is 204 g/mol. The van der Waals surface area contributed by atoms with Crippen LogP contribution in [0.2, 0.25) is 0 Å². The Morgan fingerprint density at radius 1 is 1.33 bits per heavy atom. The van der Waals surface area contributed by atoms with Crippen molar-refractivity contribution in [2.75, 3.05) is 18.6 Å². The van der Waals surface area contributed by atoms with Gasteiger partial charge >= 0.3 is 0 Å². The van der Waals surface area contributed by atoms with Crippen LogP contribution in [0.25, 0.3) is 0 Å². The number of hydrazine groups is 1. The number of nitrogens with zero attached hydrogens (tertiary/aromatic N) is 2. The highest BCUT2D eigenvalue weighted by atomic mass is 16.1. The molecule has 1 aliphatic rings. The Bertz CT molecular complexity index is 352. The van der Waals surface area contributed by atoms with Crippen LogP contribution in [-0.2, 0) is 4.79 Å². The lowest BCUT2D eigenvalue weighted by molar-refractivity contribution is -0.111. The van der Waals surface area contributed by atoms with Crippen LogP contribution in [0.15, 0.2) is 30.3 Å². The van der Waals surface area contributed by atoms with Gasteiger partial charge in [0.25, 0.3) is 0 Å². The van der Waals surface area contributed by atoms with Crippen LogP contribution in [-0.4, -0.2) is 30.4 Å². The summed E-state index contributed by atoms with van der Waals surface area (Å²) in [5.41, 5.74) is 0.683. The molecule has 1 unspecified atom stereocenters. The molecule has 80 valence electrons. The third-order valence-electron chi connectivity index (χ3n) is 3.02. The topological polar surface area (TPSA) is 23.6 Å². The molecule has 1 atom stereocenters. The Hall–Kier alpha value is -1.35.